The smallest absolute Gasteiger partial charge is 0.376 e. The third-order valence-electron chi connectivity index (χ3n) is 1.50. The van der Waals surface area contributed by atoms with Gasteiger partial charge in [-0.25, -0.2) is 4.57 Å². The molecular formula is C9H16AlO3P. The fourth-order valence-corrected chi connectivity index (χ4v) is 2.08. The number of hydrogen-bond donors (Lipinski definition) is 1. The van der Waals surface area contributed by atoms with Crippen molar-refractivity contribution in [1.29, 1.82) is 0 Å². The van der Waals surface area contributed by atoms with Gasteiger partial charge in [0.05, 0.1) is 6.16 Å². The normalized spacial score (nSPS) is 13.9. The Morgan fingerprint density at radius 3 is 2.43 bits per heavy atom. The molecule has 0 bridgehead atoms. The molecule has 1 aromatic carbocycles. The van der Waals surface area contributed by atoms with Crippen LogP contribution in [0.15, 0.2) is 30.3 Å². The predicted molar refractivity (Wildman–Crippen MR) is 62.0 cm³/mol. The van der Waals surface area contributed by atoms with Crippen molar-refractivity contribution in [3.63, 3.8) is 0 Å². The molecule has 1 unspecified atom stereocenters. The van der Waals surface area contributed by atoms with Crippen molar-refractivity contribution in [3.8, 4) is 5.75 Å². The lowest BCUT2D eigenvalue weighted by Crippen LogP contribution is -1.95. The number of para-hydroxylation sites is 1. The van der Waals surface area contributed by atoms with Crippen LogP contribution in [0.2, 0.25) is 0 Å². The second-order valence-electron chi connectivity index (χ2n) is 2.77. The van der Waals surface area contributed by atoms with Gasteiger partial charge in [-0.1, -0.05) is 25.1 Å². The van der Waals surface area contributed by atoms with E-state index in [0.29, 0.717) is 12.2 Å². The minimum atomic E-state index is -3.41. The minimum Gasteiger partial charge on any atom is -0.424 e. The summed E-state index contributed by atoms with van der Waals surface area (Å²) >= 11 is 0. The number of hydrogen-bond acceptors (Lipinski definition) is 2. The van der Waals surface area contributed by atoms with Crippen molar-refractivity contribution in [1.82, 2.24) is 0 Å². The maximum atomic E-state index is 11.3. The zero-order valence-electron chi connectivity index (χ0n) is 7.51. The molecule has 0 aliphatic rings. The molecule has 1 atom stereocenters. The van der Waals surface area contributed by atoms with E-state index in [0.717, 1.165) is 0 Å². The van der Waals surface area contributed by atoms with E-state index < -0.39 is 7.60 Å². The van der Waals surface area contributed by atoms with E-state index in [-0.39, 0.29) is 23.5 Å². The van der Waals surface area contributed by atoms with Crippen LogP contribution in [-0.4, -0.2) is 28.4 Å². The topological polar surface area (TPSA) is 46.5 Å². The highest BCUT2D eigenvalue weighted by Gasteiger charge is 2.18. The first-order chi connectivity index (χ1) is 6.14. The molecule has 0 saturated carbocycles. The first kappa shape index (κ1) is 13.7. The largest absolute Gasteiger partial charge is 0.424 e. The van der Waals surface area contributed by atoms with Crippen molar-refractivity contribution < 1.29 is 14.0 Å². The van der Waals surface area contributed by atoms with Gasteiger partial charge in [-0.3, -0.25) is 0 Å². The van der Waals surface area contributed by atoms with Crippen LogP contribution in [0.3, 0.4) is 0 Å². The first-order valence-electron chi connectivity index (χ1n) is 4.20. The summed E-state index contributed by atoms with van der Waals surface area (Å²) in [6, 6.07) is 8.69. The molecule has 0 aromatic heterocycles. The third kappa shape index (κ3) is 4.83. The maximum Gasteiger partial charge on any atom is 0.376 e. The van der Waals surface area contributed by atoms with Gasteiger partial charge >= 0.3 is 7.60 Å². The van der Waals surface area contributed by atoms with Crippen LogP contribution in [-0.2, 0) is 4.57 Å². The van der Waals surface area contributed by atoms with Crippen molar-refractivity contribution in [2.45, 2.75) is 13.3 Å². The monoisotopic (exact) mass is 230 g/mol. The second-order valence-corrected chi connectivity index (χ2v) is 4.67. The second kappa shape index (κ2) is 6.27. The van der Waals surface area contributed by atoms with Crippen molar-refractivity contribution in [2.24, 2.45) is 0 Å². The quantitative estimate of drug-likeness (QED) is 0.629. The van der Waals surface area contributed by atoms with Crippen molar-refractivity contribution >= 4 is 25.0 Å². The average Bonchev–Trinajstić information content (AvgIpc) is 2.04. The Hall–Kier alpha value is -0.258. The summed E-state index contributed by atoms with van der Waals surface area (Å²) in [6.45, 7) is 1.84. The molecule has 0 aliphatic heterocycles. The minimum absolute atomic E-state index is 0. The van der Waals surface area contributed by atoms with Crippen LogP contribution in [0, 0.1) is 0 Å². The van der Waals surface area contributed by atoms with Gasteiger partial charge in [0, 0.05) is 0 Å². The molecule has 1 N–H and O–H groups in total. The number of rotatable bonds is 4. The Morgan fingerprint density at radius 1 is 1.36 bits per heavy atom. The summed E-state index contributed by atoms with van der Waals surface area (Å²) < 4.78 is 16.3. The van der Waals surface area contributed by atoms with Gasteiger partial charge in [0.1, 0.15) is 5.75 Å². The van der Waals surface area contributed by atoms with E-state index in [1.165, 1.54) is 0 Å². The van der Waals surface area contributed by atoms with Crippen LogP contribution in [0.25, 0.3) is 0 Å². The molecule has 1 aromatic rings. The van der Waals surface area contributed by atoms with E-state index >= 15 is 0 Å². The predicted octanol–water partition coefficient (Wildman–Crippen LogP) is 1.48. The zero-order valence-corrected chi connectivity index (χ0v) is 8.41. The van der Waals surface area contributed by atoms with E-state index in [4.69, 9.17) is 4.52 Å². The molecule has 0 fully saturated rings. The molecule has 1 rings (SSSR count). The Bertz CT molecular complexity index is 302. The standard InChI is InChI=1S/C9H13O3P.Al.3H/c1-2-8-13(10,11)12-9-6-4-3-5-7-9;;;;/h3-7H,2,8H2,1H3,(H,10,11);;;;. The highest BCUT2D eigenvalue weighted by molar-refractivity contribution is 7.53. The molecule has 0 heterocycles. The maximum absolute atomic E-state index is 11.3. The third-order valence-corrected chi connectivity index (χ3v) is 3.01. The molecule has 0 radical (unpaired) electrons. The van der Waals surface area contributed by atoms with E-state index in [1.54, 1.807) is 24.3 Å². The SMILES string of the molecule is CCCP(=O)(O)Oc1ccccc1.[AlH3]. The van der Waals surface area contributed by atoms with Gasteiger partial charge in [-0.15, -0.1) is 0 Å². The molecule has 3 nitrogen and oxygen atoms in total. The molecule has 5 heteroatoms. The van der Waals surface area contributed by atoms with Crippen LogP contribution in [0.4, 0.5) is 0 Å². The van der Waals surface area contributed by atoms with E-state index in [1.807, 2.05) is 13.0 Å². The van der Waals surface area contributed by atoms with Gasteiger partial charge in [0.25, 0.3) is 0 Å². The summed E-state index contributed by atoms with van der Waals surface area (Å²) in [5.41, 5.74) is 0. The molecule has 78 valence electrons. The fourth-order valence-electron chi connectivity index (χ4n) is 0.974. The van der Waals surface area contributed by atoms with Crippen molar-refractivity contribution in [3.05, 3.63) is 30.3 Å². The van der Waals surface area contributed by atoms with Gasteiger partial charge in [0.15, 0.2) is 17.4 Å². The number of benzene rings is 1. The molecule has 0 spiro atoms. The van der Waals surface area contributed by atoms with E-state index in [2.05, 4.69) is 0 Å². The van der Waals surface area contributed by atoms with Crippen LogP contribution in [0.1, 0.15) is 13.3 Å². The molecule has 0 saturated heterocycles. The van der Waals surface area contributed by atoms with Crippen molar-refractivity contribution in [2.75, 3.05) is 6.16 Å². The fraction of sp³-hybridized carbons (Fsp3) is 0.333. The highest BCUT2D eigenvalue weighted by atomic mass is 31.2. The molecular weight excluding hydrogens is 214 g/mol. The Labute approximate surface area is 94.8 Å². The van der Waals surface area contributed by atoms with Gasteiger partial charge < -0.3 is 9.42 Å². The van der Waals surface area contributed by atoms with Crippen LogP contribution >= 0.6 is 7.60 Å². The molecule has 0 amide bonds. The Morgan fingerprint density at radius 2 is 1.93 bits per heavy atom. The summed E-state index contributed by atoms with van der Waals surface area (Å²) in [6.07, 6.45) is 0.836. The Balaban J connectivity index is 0.00000169. The Kier molecular flexibility index (Phi) is 6.15. The summed E-state index contributed by atoms with van der Waals surface area (Å²) in [5.74, 6) is 0.446. The highest BCUT2D eigenvalue weighted by Crippen LogP contribution is 2.42. The van der Waals surface area contributed by atoms with Gasteiger partial charge in [-0.2, -0.15) is 0 Å². The van der Waals surface area contributed by atoms with Gasteiger partial charge in [-0.05, 0) is 18.6 Å². The summed E-state index contributed by atoms with van der Waals surface area (Å²) in [4.78, 5) is 9.30. The zero-order chi connectivity index (χ0) is 9.73. The summed E-state index contributed by atoms with van der Waals surface area (Å²) in [5, 5.41) is 0. The lowest BCUT2D eigenvalue weighted by Gasteiger charge is -2.11. The molecule has 0 aliphatic carbocycles. The lowest BCUT2D eigenvalue weighted by atomic mass is 10.3. The van der Waals surface area contributed by atoms with E-state index in [9.17, 15) is 9.46 Å². The molecule has 14 heavy (non-hydrogen) atoms. The van der Waals surface area contributed by atoms with Crippen LogP contribution < -0.4 is 4.52 Å². The first-order valence-corrected chi connectivity index (χ1v) is 5.97. The lowest BCUT2D eigenvalue weighted by molar-refractivity contribution is 0.379. The average molecular weight is 230 g/mol. The summed E-state index contributed by atoms with van der Waals surface area (Å²) in [7, 11) is -3.41. The van der Waals surface area contributed by atoms with Gasteiger partial charge in [0.2, 0.25) is 0 Å². The van der Waals surface area contributed by atoms with Crippen LogP contribution in [0.5, 0.6) is 5.75 Å².